The number of nitrogens with zero attached hydrogens (tertiary/aromatic N) is 3. The molecule has 0 aromatic carbocycles. The molecular weight excluding hydrogens is 176 g/mol. The summed E-state index contributed by atoms with van der Waals surface area (Å²) in [6.45, 7) is 4.17. The van der Waals surface area contributed by atoms with E-state index in [1.165, 1.54) is 0 Å². The Kier molecular flexibility index (Phi) is 4.10. The average molecular weight is 196 g/mol. The first-order valence-corrected chi connectivity index (χ1v) is 4.96. The third-order valence-electron chi connectivity index (χ3n) is 2.26. The second-order valence-corrected chi connectivity index (χ2v) is 3.88. The van der Waals surface area contributed by atoms with Crippen LogP contribution in [0.3, 0.4) is 0 Å². The van der Waals surface area contributed by atoms with E-state index in [0.29, 0.717) is 6.04 Å². The molecule has 0 radical (unpaired) electrons. The lowest BCUT2D eigenvalue weighted by molar-refractivity contribution is 0.385. The zero-order chi connectivity index (χ0) is 10.6. The summed E-state index contributed by atoms with van der Waals surface area (Å²) in [7, 11) is 6.17. The van der Waals surface area contributed by atoms with Crippen molar-refractivity contribution in [3.63, 3.8) is 0 Å². The fourth-order valence-corrected chi connectivity index (χ4v) is 1.39. The molecule has 0 fully saturated rings. The van der Waals surface area contributed by atoms with Crippen LogP contribution in [-0.4, -0.2) is 41.6 Å². The number of rotatable bonds is 5. The molecule has 1 heterocycles. The van der Waals surface area contributed by atoms with Gasteiger partial charge in [0.1, 0.15) is 5.82 Å². The Bertz CT molecular complexity index is 267. The summed E-state index contributed by atoms with van der Waals surface area (Å²) < 4.78 is 2.05. The van der Waals surface area contributed by atoms with Gasteiger partial charge in [-0.05, 0) is 21.0 Å². The predicted molar refractivity (Wildman–Crippen MR) is 58.2 cm³/mol. The molecule has 1 aromatic rings. The summed E-state index contributed by atoms with van der Waals surface area (Å²) in [6, 6.07) is 0.315. The van der Waals surface area contributed by atoms with Crippen LogP contribution in [-0.2, 0) is 7.05 Å². The van der Waals surface area contributed by atoms with Crippen LogP contribution >= 0.6 is 0 Å². The largest absolute Gasteiger partial charge is 0.337 e. The third kappa shape index (κ3) is 3.12. The molecule has 0 aliphatic carbocycles. The molecule has 14 heavy (non-hydrogen) atoms. The zero-order valence-corrected chi connectivity index (χ0v) is 9.49. The van der Waals surface area contributed by atoms with Gasteiger partial charge in [0.05, 0.1) is 6.04 Å². The van der Waals surface area contributed by atoms with Gasteiger partial charge in [0, 0.05) is 32.5 Å². The number of likely N-dealkylation sites (N-methyl/N-ethyl adjacent to an activating group) is 1. The summed E-state index contributed by atoms with van der Waals surface area (Å²) in [5, 5.41) is 3.43. The minimum Gasteiger partial charge on any atom is -0.337 e. The Morgan fingerprint density at radius 2 is 2.29 bits per heavy atom. The SMILES string of the molecule is CC(NCCN(C)C)c1nccn1C. The van der Waals surface area contributed by atoms with Gasteiger partial charge < -0.3 is 14.8 Å². The third-order valence-corrected chi connectivity index (χ3v) is 2.26. The van der Waals surface area contributed by atoms with E-state index in [1.807, 2.05) is 24.0 Å². The van der Waals surface area contributed by atoms with Gasteiger partial charge in [-0.25, -0.2) is 4.98 Å². The summed E-state index contributed by atoms with van der Waals surface area (Å²) in [6.07, 6.45) is 3.80. The first-order valence-electron chi connectivity index (χ1n) is 4.96. The van der Waals surface area contributed by atoms with E-state index in [1.54, 1.807) is 0 Å². The lowest BCUT2D eigenvalue weighted by atomic mass is 10.3. The molecule has 4 nitrogen and oxygen atoms in total. The molecule has 0 saturated carbocycles. The smallest absolute Gasteiger partial charge is 0.125 e. The molecule has 4 heteroatoms. The number of imidazole rings is 1. The van der Waals surface area contributed by atoms with Crippen LogP contribution in [0.5, 0.6) is 0 Å². The fourth-order valence-electron chi connectivity index (χ4n) is 1.39. The molecule has 0 aliphatic rings. The lowest BCUT2D eigenvalue weighted by Crippen LogP contribution is -2.29. The van der Waals surface area contributed by atoms with Crippen molar-refractivity contribution in [2.75, 3.05) is 27.2 Å². The van der Waals surface area contributed by atoms with E-state index < -0.39 is 0 Å². The zero-order valence-electron chi connectivity index (χ0n) is 9.49. The number of hydrogen-bond donors (Lipinski definition) is 1. The van der Waals surface area contributed by atoms with Crippen molar-refractivity contribution in [3.05, 3.63) is 18.2 Å². The van der Waals surface area contributed by atoms with Crippen molar-refractivity contribution in [2.24, 2.45) is 7.05 Å². The molecule has 1 aromatic heterocycles. The Morgan fingerprint density at radius 1 is 1.57 bits per heavy atom. The van der Waals surface area contributed by atoms with Crippen molar-refractivity contribution in [3.8, 4) is 0 Å². The average Bonchev–Trinajstić information content (AvgIpc) is 2.50. The topological polar surface area (TPSA) is 33.1 Å². The van der Waals surface area contributed by atoms with Gasteiger partial charge in [-0.15, -0.1) is 0 Å². The second-order valence-electron chi connectivity index (χ2n) is 3.88. The van der Waals surface area contributed by atoms with Crippen molar-refractivity contribution in [2.45, 2.75) is 13.0 Å². The predicted octanol–water partition coefficient (Wildman–Crippen LogP) is 0.632. The van der Waals surface area contributed by atoms with Crippen LogP contribution in [0.15, 0.2) is 12.4 Å². The molecule has 1 rings (SSSR count). The molecule has 1 N–H and O–H groups in total. The van der Waals surface area contributed by atoms with Gasteiger partial charge in [-0.3, -0.25) is 0 Å². The minimum atomic E-state index is 0.315. The summed E-state index contributed by atoms with van der Waals surface area (Å²) in [5.74, 6) is 1.09. The fraction of sp³-hybridized carbons (Fsp3) is 0.700. The number of nitrogens with one attached hydrogen (secondary N) is 1. The second kappa shape index (κ2) is 5.12. The van der Waals surface area contributed by atoms with E-state index in [9.17, 15) is 0 Å². The quantitative estimate of drug-likeness (QED) is 0.750. The van der Waals surface area contributed by atoms with Crippen LogP contribution in [0.25, 0.3) is 0 Å². The van der Waals surface area contributed by atoms with E-state index in [2.05, 4.69) is 36.2 Å². The molecule has 1 atom stereocenters. The maximum atomic E-state index is 4.30. The maximum absolute atomic E-state index is 4.30. The summed E-state index contributed by atoms with van der Waals surface area (Å²) in [5.41, 5.74) is 0. The monoisotopic (exact) mass is 196 g/mol. The normalized spacial score (nSPS) is 13.5. The van der Waals surface area contributed by atoms with E-state index in [4.69, 9.17) is 0 Å². The summed E-state index contributed by atoms with van der Waals surface area (Å²) >= 11 is 0. The molecule has 80 valence electrons. The van der Waals surface area contributed by atoms with Gasteiger partial charge in [-0.1, -0.05) is 0 Å². The van der Waals surface area contributed by atoms with Crippen LogP contribution in [0.2, 0.25) is 0 Å². The van der Waals surface area contributed by atoms with Gasteiger partial charge in [-0.2, -0.15) is 0 Å². The maximum Gasteiger partial charge on any atom is 0.125 e. The Labute approximate surface area is 85.9 Å². The number of aromatic nitrogens is 2. The summed E-state index contributed by atoms with van der Waals surface area (Å²) in [4.78, 5) is 6.47. The van der Waals surface area contributed by atoms with Crippen molar-refractivity contribution < 1.29 is 0 Å². The molecular formula is C10H20N4. The van der Waals surface area contributed by atoms with Crippen LogP contribution in [0.4, 0.5) is 0 Å². The van der Waals surface area contributed by atoms with Gasteiger partial charge in [0.15, 0.2) is 0 Å². The molecule has 0 bridgehead atoms. The Morgan fingerprint density at radius 3 is 2.79 bits per heavy atom. The van der Waals surface area contributed by atoms with E-state index >= 15 is 0 Å². The van der Waals surface area contributed by atoms with E-state index in [0.717, 1.165) is 18.9 Å². The highest BCUT2D eigenvalue weighted by atomic mass is 15.1. The van der Waals surface area contributed by atoms with Crippen molar-refractivity contribution in [1.82, 2.24) is 19.8 Å². The number of hydrogen-bond acceptors (Lipinski definition) is 3. The molecule has 0 aliphatic heterocycles. The van der Waals surface area contributed by atoms with Crippen molar-refractivity contribution in [1.29, 1.82) is 0 Å². The number of aryl methyl sites for hydroxylation is 1. The highest BCUT2D eigenvalue weighted by molar-refractivity contribution is 4.96. The first-order chi connectivity index (χ1) is 6.61. The van der Waals surface area contributed by atoms with E-state index in [-0.39, 0.29) is 0 Å². The van der Waals surface area contributed by atoms with Gasteiger partial charge >= 0.3 is 0 Å². The highest BCUT2D eigenvalue weighted by Gasteiger charge is 2.08. The molecule has 0 amide bonds. The Balaban J connectivity index is 2.36. The highest BCUT2D eigenvalue weighted by Crippen LogP contribution is 2.07. The molecule has 0 saturated heterocycles. The van der Waals surface area contributed by atoms with Gasteiger partial charge in [0.2, 0.25) is 0 Å². The van der Waals surface area contributed by atoms with Crippen molar-refractivity contribution >= 4 is 0 Å². The van der Waals surface area contributed by atoms with Crippen LogP contribution < -0.4 is 5.32 Å². The van der Waals surface area contributed by atoms with Gasteiger partial charge in [0.25, 0.3) is 0 Å². The molecule has 1 unspecified atom stereocenters. The first kappa shape index (κ1) is 11.2. The minimum absolute atomic E-state index is 0.315. The standard InChI is InChI=1S/C10H20N4/c1-9(11-5-7-13(2)3)10-12-6-8-14(10)4/h6,8-9,11H,5,7H2,1-4H3. The Hall–Kier alpha value is -0.870. The van der Waals surface area contributed by atoms with Crippen LogP contribution in [0.1, 0.15) is 18.8 Å². The molecule has 0 spiro atoms. The lowest BCUT2D eigenvalue weighted by Gasteiger charge is -2.15. The van der Waals surface area contributed by atoms with Crippen LogP contribution in [0, 0.1) is 0 Å².